The van der Waals surface area contributed by atoms with Gasteiger partial charge in [-0.2, -0.15) is 0 Å². The highest BCUT2D eigenvalue weighted by Crippen LogP contribution is 2.33. The lowest BCUT2D eigenvalue weighted by Gasteiger charge is -2.17. The van der Waals surface area contributed by atoms with Gasteiger partial charge in [0.05, 0.1) is 12.1 Å². The van der Waals surface area contributed by atoms with Crippen molar-refractivity contribution >= 4 is 23.3 Å². The van der Waals surface area contributed by atoms with Gasteiger partial charge in [-0.1, -0.05) is 31.7 Å². The number of imidazole rings is 1. The minimum absolute atomic E-state index is 0.538. The molecule has 1 N–H and O–H groups in total. The zero-order valence-corrected chi connectivity index (χ0v) is 12.8. The summed E-state index contributed by atoms with van der Waals surface area (Å²) in [6.07, 6.45) is 7.81. The number of nitrogens with one attached hydrogen (secondary N) is 1. The van der Waals surface area contributed by atoms with E-state index in [9.17, 15) is 0 Å². The minimum Gasteiger partial charge on any atom is -0.492 e. The predicted molar refractivity (Wildman–Crippen MR) is 85.0 cm³/mol. The summed E-state index contributed by atoms with van der Waals surface area (Å²) < 4.78 is 8.86. The van der Waals surface area contributed by atoms with Gasteiger partial charge in [-0.05, 0) is 44.1 Å². The van der Waals surface area contributed by atoms with Gasteiger partial charge in [0.1, 0.15) is 11.3 Å². The van der Waals surface area contributed by atoms with Crippen molar-refractivity contribution in [1.29, 1.82) is 0 Å². The summed E-state index contributed by atoms with van der Waals surface area (Å²) in [7, 11) is 0. The van der Waals surface area contributed by atoms with E-state index in [0.29, 0.717) is 12.6 Å². The third-order valence-corrected chi connectivity index (χ3v) is 4.50. The molecule has 1 aromatic carbocycles. The highest BCUT2D eigenvalue weighted by molar-refractivity contribution is 7.71. The normalized spacial score (nSPS) is 17.2. The van der Waals surface area contributed by atoms with Gasteiger partial charge < -0.3 is 14.3 Å². The van der Waals surface area contributed by atoms with Crippen LogP contribution in [0.2, 0.25) is 0 Å². The number of hydrogen-bond donors (Lipinski definition) is 1. The summed E-state index contributed by atoms with van der Waals surface area (Å²) in [6.45, 7) is 2.68. The quantitative estimate of drug-likeness (QED) is 0.637. The summed E-state index contributed by atoms with van der Waals surface area (Å²) in [5, 5.41) is 0. The fourth-order valence-electron chi connectivity index (χ4n) is 3.28. The molecule has 0 unspecified atom stereocenters. The summed E-state index contributed by atoms with van der Waals surface area (Å²) >= 11 is 5.57. The summed E-state index contributed by atoms with van der Waals surface area (Å²) in [4.78, 5) is 3.35. The van der Waals surface area contributed by atoms with Crippen LogP contribution in [0.25, 0.3) is 11.0 Å². The van der Waals surface area contributed by atoms with E-state index < -0.39 is 0 Å². The molecule has 3 nitrogen and oxygen atoms in total. The van der Waals surface area contributed by atoms with Gasteiger partial charge in [0, 0.05) is 6.04 Å². The van der Waals surface area contributed by atoms with Crippen molar-refractivity contribution in [2.45, 2.75) is 51.5 Å². The van der Waals surface area contributed by atoms with Crippen LogP contribution in [-0.4, -0.2) is 16.2 Å². The maximum Gasteiger partial charge on any atom is 0.178 e. The second kappa shape index (κ2) is 6.00. The van der Waals surface area contributed by atoms with Crippen molar-refractivity contribution in [1.82, 2.24) is 9.55 Å². The molecule has 0 saturated heterocycles. The first-order valence-corrected chi connectivity index (χ1v) is 8.08. The Labute approximate surface area is 125 Å². The Hall–Kier alpha value is -1.29. The second-order valence-electron chi connectivity index (χ2n) is 5.53. The molecule has 0 radical (unpaired) electrons. The van der Waals surface area contributed by atoms with E-state index >= 15 is 0 Å². The molecule has 2 aromatic rings. The molecular formula is C16H22N2OS. The van der Waals surface area contributed by atoms with Crippen LogP contribution >= 0.6 is 12.2 Å². The number of H-pyrrole nitrogens is 1. The number of aromatic amines is 1. The molecule has 1 saturated carbocycles. The first kappa shape index (κ1) is 13.7. The van der Waals surface area contributed by atoms with Gasteiger partial charge in [-0.25, -0.2) is 0 Å². The number of aromatic nitrogens is 2. The lowest BCUT2D eigenvalue weighted by Crippen LogP contribution is -2.08. The molecule has 20 heavy (non-hydrogen) atoms. The fraction of sp³-hybridized carbons (Fsp3) is 0.562. The van der Waals surface area contributed by atoms with Gasteiger partial charge >= 0.3 is 0 Å². The third kappa shape index (κ3) is 2.49. The number of fused-ring (bicyclic) bond motifs is 1. The Morgan fingerprint density at radius 3 is 2.70 bits per heavy atom. The highest BCUT2D eigenvalue weighted by atomic mass is 32.1. The van der Waals surface area contributed by atoms with Crippen molar-refractivity contribution in [3.63, 3.8) is 0 Å². The van der Waals surface area contributed by atoms with Crippen molar-refractivity contribution in [3.8, 4) is 5.75 Å². The van der Waals surface area contributed by atoms with Crippen LogP contribution in [0.5, 0.6) is 5.75 Å². The molecule has 0 amide bonds. The molecule has 1 fully saturated rings. The van der Waals surface area contributed by atoms with Gasteiger partial charge in [0.2, 0.25) is 0 Å². The van der Waals surface area contributed by atoms with Gasteiger partial charge in [0.15, 0.2) is 4.77 Å². The van der Waals surface area contributed by atoms with Crippen molar-refractivity contribution in [2.75, 3.05) is 6.61 Å². The standard InChI is InChI=1S/C16H22N2OS/c1-2-19-14-11-7-10-13-15(14)17-16(20)18(13)12-8-5-3-4-6-9-12/h7,10-12H,2-6,8-9H2,1H3,(H,17,20). The van der Waals surface area contributed by atoms with E-state index in [1.165, 1.54) is 44.0 Å². The van der Waals surface area contributed by atoms with E-state index in [-0.39, 0.29) is 0 Å². The molecule has 0 spiro atoms. The van der Waals surface area contributed by atoms with E-state index in [2.05, 4.69) is 21.7 Å². The zero-order valence-electron chi connectivity index (χ0n) is 12.0. The van der Waals surface area contributed by atoms with E-state index in [0.717, 1.165) is 16.0 Å². The van der Waals surface area contributed by atoms with Crippen LogP contribution in [0.3, 0.4) is 0 Å². The van der Waals surface area contributed by atoms with E-state index in [1.807, 2.05) is 13.0 Å². The van der Waals surface area contributed by atoms with Gasteiger partial charge in [-0.15, -0.1) is 0 Å². The molecular weight excluding hydrogens is 268 g/mol. The summed E-state index contributed by atoms with van der Waals surface area (Å²) in [5.74, 6) is 0.906. The van der Waals surface area contributed by atoms with E-state index in [4.69, 9.17) is 17.0 Å². The predicted octanol–water partition coefficient (Wildman–Crippen LogP) is 4.99. The van der Waals surface area contributed by atoms with Crippen LogP contribution in [-0.2, 0) is 0 Å². The molecule has 1 aliphatic carbocycles. The monoisotopic (exact) mass is 290 g/mol. The second-order valence-corrected chi connectivity index (χ2v) is 5.92. The number of benzene rings is 1. The highest BCUT2D eigenvalue weighted by Gasteiger charge is 2.18. The lowest BCUT2D eigenvalue weighted by molar-refractivity contribution is 0.343. The molecule has 0 atom stereocenters. The number of para-hydroxylation sites is 1. The molecule has 1 heterocycles. The lowest BCUT2D eigenvalue weighted by atomic mass is 10.1. The number of ether oxygens (including phenoxy) is 1. The molecule has 1 aliphatic rings. The topological polar surface area (TPSA) is 29.9 Å². The maximum atomic E-state index is 5.71. The third-order valence-electron chi connectivity index (χ3n) is 4.20. The number of rotatable bonds is 3. The van der Waals surface area contributed by atoms with Crippen LogP contribution in [0.15, 0.2) is 18.2 Å². The fourth-order valence-corrected chi connectivity index (χ4v) is 3.63. The summed E-state index contributed by atoms with van der Waals surface area (Å²) in [5.41, 5.74) is 2.23. The van der Waals surface area contributed by atoms with Crippen LogP contribution in [0.1, 0.15) is 51.5 Å². The van der Waals surface area contributed by atoms with Crippen LogP contribution < -0.4 is 4.74 Å². The van der Waals surface area contributed by atoms with Crippen LogP contribution in [0.4, 0.5) is 0 Å². The molecule has 108 valence electrons. The van der Waals surface area contributed by atoms with E-state index in [1.54, 1.807) is 0 Å². The first-order valence-electron chi connectivity index (χ1n) is 7.67. The Morgan fingerprint density at radius 2 is 2.00 bits per heavy atom. The molecule has 0 bridgehead atoms. The average molecular weight is 290 g/mol. The molecule has 1 aromatic heterocycles. The number of hydrogen-bond acceptors (Lipinski definition) is 2. The Kier molecular flexibility index (Phi) is 4.10. The minimum atomic E-state index is 0.538. The van der Waals surface area contributed by atoms with Crippen molar-refractivity contribution in [2.24, 2.45) is 0 Å². The number of nitrogens with zero attached hydrogens (tertiary/aromatic N) is 1. The van der Waals surface area contributed by atoms with Crippen LogP contribution in [0, 0.1) is 4.77 Å². The Bertz CT molecular complexity index is 635. The van der Waals surface area contributed by atoms with Gasteiger partial charge in [-0.3, -0.25) is 0 Å². The molecule has 3 rings (SSSR count). The zero-order chi connectivity index (χ0) is 13.9. The average Bonchev–Trinajstić information content (AvgIpc) is 2.64. The Morgan fingerprint density at radius 1 is 1.25 bits per heavy atom. The smallest absolute Gasteiger partial charge is 0.178 e. The van der Waals surface area contributed by atoms with Crippen molar-refractivity contribution < 1.29 is 4.74 Å². The van der Waals surface area contributed by atoms with Crippen molar-refractivity contribution in [3.05, 3.63) is 23.0 Å². The summed E-state index contributed by atoms with van der Waals surface area (Å²) in [6, 6.07) is 6.75. The Balaban J connectivity index is 2.08. The maximum absolute atomic E-state index is 5.71. The first-order chi connectivity index (χ1) is 9.81. The largest absolute Gasteiger partial charge is 0.492 e. The molecule has 4 heteroatoms. The van der Waals surface area contributed by atoms with Gasteiger partial charge in [0.25, 0.3) is 0 Å². The molecule has 0 aliphatic heterocycles. The SMILES string of the molecule is CCOc1cccc2c1[nH]c(=S)n2C1CCCCCC1.